The van der Waals surface area contributed by atoms with Gasteiger partial charge in [0.25, 0.3) is 0 Å². The second kappa shape index (κ2) is 5.69. The topological polar surface area (TPSA) is 102 Å². The van der Waals surface area contributed by atoms with Crippen LogP contribution in [0.1, 0.15) is 0 Å². The number of carbonyl (C=O) groups excluding carboxylic acids is 1. The van der Waals surface area contributed by atoms with Gasteiger partial charge in [-0.2, -0.15) is 0 Å². The Labute approximate surface area is 93.9 Å². The van der Waals surface area contributed by atoms with Gasteiger partial charge in [-0.3, -0.25) is 0 Å². The summed E-state index contributed by atoms with van der Waals surface area (Å²) >= 11 is 0. The lowest BCUT2D eigenvalue weighted by molar-refractivity contribution is 0.249. The van der Waals surface area contributed by atoms with Gasteiger partial charge in [0.15, 0.2) is 0 Å². The van der Waals surface area contributed by atoms with Gasteiger partial charge in [0.2, 0.25) is 0 Å². The standard InChI is InChI=1S/C10H16N4O2/c1-16-9-6-7(11)2-3-8(9)13-4-5-14-10(12)15/h2-3,6,13H,4-5,11H2,1H3,(H3,12,14,15). The largest absolute Gasteiger partial charge is 0.495 e. The number of methoxy groups -OCH3 is 1. The molecule has 0 aliphatic carbocycles. The molecule has 16 heavy (non-hydrogen) atoms. The van der Waals surface area contributed by atoms with Crippen LogP contribution < -0.4 is 26.8 Å². The molecular formula is C10H16N4O2. The molecule has 6 heteroatoms. The van der Waals surface area contributed by atoms with Gasteiger partial charge in [-0.1, -0.05) is 0 Å². The third-order valence-corrected chi connectivity index (χ3v) is 1.97. The highest BCUT2D eigenvalue weighted by molar-refractivity contribution is 5.71. The van der Waals surface area contributed by atoms with E-state index in [2.05, 4.69) is 10.6 Å². The minimum Gasteiger partial charge on any atom is -0.495 e. The molecule has 0 unspecified atom stereocenters. The molecule has 6 N–H and O–H groups in total. The Kier molecular flexibility index (Phi) is 4.26. The van der Waals surface area contributed by atoms with E-state index in [4.69, 9.17) is 16.2 Å². The second-order valence-electron chi connectivity index (χ2n) is 3.18. The van der Waals surface area contributed by atoms with Crippen LogP contribution in [0.4, 0.5) is 16.2 Å². The van der Waals surface area contributed by atoms with E-state index in [0.717, 1.165) is 5.69 Å². The number of hydrogen-bond acceptors (Lipinski definition) is 4. The lowest BCUT2D eigenvalue weighted by Gasteiger charge is -2.11. The van der Waals surface area contributed by atoms with Gasteiger partial charge in [0, 0.05) is 24.8 Å². The third-order valence-electron chi connectivity index (χ3n) is 1.97. The number of ether oxygens (including phenoxy) is 1. The lowest BCUT2D eigenvalue weighted by Crippen LogP contribution is -2.33. The maximum absolute atomic E-state index is 10.4. The number of anilines is 2. The van der Waals surface area contributed by atoms with E-state index < -0.39 is 6.03 Å². The summed E-state index contributed by atoms with van der Waals surface area (Å²) in [5, 5.41) is 5.57. The molecule has 1 aromatic carbocycles. The Morgan fingerprint density at radius 3 is 2.81 bits per heavy atom. The summed E-state index contributed by atoms with van der Waals surface area (Å²) in [5.74, 6) is 0.666. The molecule has 0 atom stereocenters. The number of rotatable bonds is 5. The Bertz CT molecular complexity index is 368. The summed E-state index contributed by atoms with van der Waals surface area (Å²) in [6.07, 6.45) is 0. The Morgan fingerprint density at radius 2 is 2.19 bits per heavy atom. The zero-order valence-corrected chi connectivity index (χ0v) is 9.12. The predicted molar refractivity (Wildman–Crippen MR) is 63.5 cm³/mol. The van der Waals surface area contributed by atoms with Crippen LogP contribution in [0, 0.1) is 0 Å². The highest BCUT2D eigenvalue weighted by Crippen LogP contribution is 2.26. The first-order valence-electron chi connectivity index (χ1n) is 4.84. The number of primary amides is 1. The number of carbonyl (C=O) groups is 1. The fourth-order valence-electron chi connectivity index (χ4n) is 1.24. The monoisotopic (exact) mass is 224 g/mol. The zero-order chi connectivity index (χ0) is 12.0. The van der Waals surface area contributed by atoms with Crippen LogP contribution in [0.5, 0.6) is 5.75 Å². The van der Waals surface area contributed by atoms with Gasteiger partial charge in [-0.15, -0.1) is 0 Å². The van der Waals surface area contributed by atoms with Gasteiger partial charge in [-0.25, -0.2) is 4.79 Å². The quantitative estimate of drug-likeness (QED) is 0.428. The van der Waals surface area contributed by atoms with Crippen molar-refractivity contribution < 1.29 is 9.53 Å². The molecule has 0 aromatic heterocycles. The third kappa shape index (κ3) is 3.56. The first-order valence-corrected chi connectivity index (χ1v) is 4.84. The van der Waals surface area contributed by atoms with Crippen molar-refractivity contribution in [2.75, 3.05) is 31.2 Å². The van der Waals surface area contributed by atoms with Crippen molar-refractivity contribution in [1.82, 2.24) is 5.32 Å². The van der Waals surface area contributed by atoms with Crippen LogP contribution >= 0.6 is 0 Å². The maximum atomic E-state index is 10.4. The summed E-state index contributed by atoms with van der Waals surface area (Å²) in [4.78, 5) is 10.4. The molecule has 0 saturated carbocycles. The zero-order valence-electron chi connectivity index (χ0n) is 9.12. The number of amides is 2. The minimum absolute atomic E-state index is 0.447. The average molecular weight is 224 g/mol. The fourth-order valence-corrected chi connectivity index (χ4v) is 1.24. The van der Waals surface area contributed by atoms with E-state index >= 15 is 0 Å². The van der Waals surface area contributed by atoms with Crippen LogP contribution in [0.2, 0.25) is 0 Å². The fraction of sp³-hybridized carbons (Fsp3) is 0.300. The van der Waals surface area contributed by atoms with Gasteiger partial charge in [0.1, 0.15) is 5.75 Å². The number of nitrogens with two attached hydrogens (primary N) is 2. The molecule has 6 nitrogen and oxygen atoms in total. The molecule has 0 radical (unpaired) electrons. The summed E-state index contributed by atoms with van der Waals surface area (Å²) in [5.41, 5.74) is 12.0. The molecule has 1 rings (SSSR count). The first kappa shape index (κ1) is 12.0. The molecular weight excluding hydrogens is 208 g/mol. The lowest BCUT2D eigenvalue weighted by atomic mass is 10.2. The van der Waals surface area contributed by atoms with Gasteiger partial charge >= 0.3 is 6.03 Å². The molecule has 0 bridgehead atoms. The van der Waals surface area contributed by atoms with E-state index in [1.165, 1.54) is 0 Å². The van der Waals surface area contributed by atoms with E-state index in [1.807, 2.05) is 6.07 Å². The average Bonchev–Trinajstić information content (AvgIpc) is 2.25. The van der Waals surface area contributed by atoms with Gasteiger partial charge in [-0.05, 0) is 12.1 Å². The molecule has 0 aliphatic heterocycles. The van der Waals surface area contributed by atoms with E-state index in [-0.39, 0.29) is 0 Å². The van der Waals surface area contributed by atoms with Gasteiger partial charge < -0.3 is 26.8 Å². The van der Waals surface area contributed by atoms with Crippen LogP contribution in [-0.2, 0) is 0 Å². The second-order valence-corrected chi connectivity index (χ2v) is 3.18. The van der Waals surface area contributed by atoms with Crippen molar-refractivity contribution in [1.29, 1.82) is 0 Å². The number of nitrogen functional groups attached to an aromatic ring is 1. The molecule has 88 valence electrons. The molecule has 0 spiro atoms. The smallest absolute Gasteiger partial charge is 0.312 e. The summed E-state index contributed by atoms with van der Waals surface area (Å²) in [7, 11) is 1.57. The van der Waals surface area contributed by atoms with Crippen molar-refractivity contribution >= 4 is 17.4 Å². The molecule has 1 aromatic rings. The van der Waals surface area contributed by atoms with Crippen molar-refractivity contribution in [3.63, 3.8) is 0 Å². The minimum atomic E-state index is -0.536. The van der Waals surface area contributed by atoms with Crippen LogP contribution in [0.15, 0.2) is 18.2 Å². The van der Waals surface area contributed by atoms with Crippen LogP contribution in [0.25, 0.3) is 0 Å². The molecule has 0 aliphatic rings. The number of hydrogen-bond donors (Lipinski definition) is 4. The van der Waals surface area contributed by atoms with E-state index in [0.29, 0.717) is 24.5 Å². The summed E-state index contributed by atoms with van der Waals surface area (Å²) in [6.45, 7) is 1.01. The summed E-state index contributed by atoms with van der Waals surface area (Å²) in [6, 6.07) is 4.78. The molecule has 0 saturated heterocycles. The van der Waals surface area contributed by atoms with Gasteiger partial charge in [0.05, 0.1) is 12.8 Å². The molecule has 0 fully saturated rings. The van der Waals surface area contributed by atoms with Crippen molar-refractivity contribution in [2.24, 2.45) is 5.73 Å². The number of benzene rings is 1. The Hall–Kier alpha value is -2.11. The molecule has 0 heterocycles. The van der Waals surface area contributed by atoms with Crippen molar-refractivity contribution in [3.8, 4) is 5.75 Å². The summed E-state index contributed by atoms with van der Waals surface area (Å²) < 4.78 is 5.15. The normalized spacial score (nSPS) is 9.56. The predicted octanol–water partition coefficient (Wildman–Crippen LogP) is 0.358. The Morgan fingerprint density at radius 1 is 1.44 bits per heavy atom. The SMILES string of the molecule is COc1cc(N)ccc1NCCNC(N)=O. The van der Waals surface area contributed by atoms with Crippen LogP contribution in [0.3, 0.4) is 0 Å². The highest BCUT2D eigenvalue weighted by atomic mass is 16.5. The van der Waals surface area contributed by atoms with Crippen molar-refractivity contribution in [3.05, 3.63) is 18.2 Å². The highest BCUT2D eigenvalue weighted by Gasteiger charge is 2.02. The van der Waals surface area contributed by atoms with E-state index in [1.54, 1.807) is 19.2 Å². The maximum Gasteiger partial charge on any atom is 0.312 e. The Balaban J connectivity index is 2.50. The number of urea groups is 1. The first-order chi connectivity index (χ1) is 7.63. The van der Waals surface area contributed by atoms with Crippen molar-refractivity contribution in [2.45, 2.75) is 0 Å². The van der Waals surface area contributed by atoms with E-state index in [9.17, 15) is 4.79 Å². The number of nitrogens with one attached hydrogen (secondary N) is 2. The van der Waals surface area contributed by atoms with Crippen LogP contribution in [-0.4, -0.2) is 26.2 Å². The molecule has 2 amide bonds.